The first-order valence-corrected chi connectivity index (χ1v) is 9.10. The normalized spacial score (nSPS) is 19.9. The quantitative estimate of drug-likeness (QED) is 0.206. The summed E-state index contributed by atoms with van der Waals surface area (Å²) in [7, 11) is 1.42. The van der Waals surface area contributed by atoms with Crippen molar-refractivity contribution in [3.8, 4) is 0 Å². The van der Waals surface area contributed by atoms with Crippen LogP contribution in [0, 0.1) is 0 Å². The van der Waals surface area contributed by atoms with Gasteiger partial charge in [0.25, 0.3) is 0 Å². The summed E-state index contributed by atoms with van der Waals surface area (Å²) < 4.78 is 10.1. The fraction of sp³-hybridized carbons (Fsp3) is 0.789. The largest absolute Gasteiger partial charge is 0.469 e. The summed E-state index contributed by atoms with van der Waals surface area (Å²) in [5, 5.41) is 0. The number of epoxide rings is 1. The van der Waals surface area contributed by atoms with Gasteiger partial charge in [0.15, 0.2) is 5.78 Å². The third-order valence-electron chi connectivity index (χ3n) is 4.22. The number of allylic oxidation sites excluding steroid dienone is 1. The molecule has 0 amide bonds. The van der Waals surface area contributed by atoms with E-state index in [9.17, 15) is 9.59 Å². The van der Waals surface area contributed by atoms with E-state index in [4.69, 9.17) is 4.74 Å². The van der Waals surface area contributed by atoms with Crippen LogP contribution in [0.2, 0.25) is 0 Å². The monoisotopic (exact) mass is 324 g/mol. The van der Waals surface area contributed by atoms with Gasteiger partial charge in [-0.3, -0.25) is 9.59 Å². The summed E-state index contributed by atoms with van der Waals surface area (Å²) >= 11 is 0. The second-order valence-corrected chi connectivity index (χ2v) is 6.30. The summed E-state index contributed by atoms with van der Waals surface area (Å²) in [6, 6.07) is 0. The molecule has 0 aromatic rings. The zero-order chi connectivity index (χ0) is 16.9. The topological polar surface area (TPSA) is 55.9 Å². The number of carbonyl (C=O) groups is 2. The molecule has 2 atom stereocenters. The predicted octanol–water partition coefficient (Wildman–Crippen LogP) is 4.36. The van der Waals surface area contributed by atoms with Gasteiger partial charge in [-0.05, 0) is 31.4 Å². The Morgan fingerprint density at radius 3 is 2.39 bits per heavy atom. The Balaban J connectivity index is 1.93. The van der Waals surface area contributed by atoms with Crippen molar-refractivity contribution in [2.24, 2.45) is 0 Å². The number of rotatable bonds is 14. The minimum absolute atomic E-state index is 0.138. The molecule has 4 heteroatoms. The SMILES string of the molecule is CCCCCC1OC1/C=C/C(=O)CCCCCCCC(=O)OC. The summed E-state index contributed by atoms with van der Waals surface area (Å²) in [5.74, 6) is 0.0583. The molecule has 1 fully saturated rings. The Hall–Kier alpha value is -1.16. The molecule has 1 saturated heterocycles. The van der Waals surface area contributed by atoms with Crippen molar-refractivity contribution < 1.29 is 19.1 Å². The van der Waals surface area contributed by atoms with Gasteiger partial charge >= 0.3 is 5.97 Å². The second kappa shape index (κ2) is 12.3. The molecule has 0 saturated carbocycles. The summed E-state index contributed by atoms with van der Waals surface area (Å²) in [6.07, 6.45) is 15.0. The maximum absolute atomic E-state index is 11.8. The lowest BCUT2D eigenvalue weighted by Crippen LogP contribution is -1.99. The average Bonchev–Trinajstić information content (AvgIpc) is 3.30. The van der Waals surface area contributed by atoms with Gasteiger partial charge in [-0.1, -0.05) is 45.4 Å². The van der Waals surface area contributed by atoms with Crippen LogP contribution in [0.1, 0.15) is 77.6 Å². The first-order chi connectivity index (χ1) is 11.2. The molecule has 1 heterocycles. The lowest BCUT2D eigenvalue weighted by Gasteiger charge is -2.00. The minimum atomic E-state index is -0.138. The Kier molecular flexibility index (Phi) is 10.6. The maximum atomic E-state index is 11.8. The average molecular weight is 324 g/mol. The Morgan fingerprint density at radius 1 is 1.00 bits per heavy atom. The molecule has 0 aliphatic carbocycles. The molecule has 0 bridgehead atoms. The fourth-order valence-electron chi connectivity index (χ4n) is 2.64. The third kappa shape index (κ3) is 10.3. The standard InChI is InChI=1S/C19H32O4/c1-3-4-8-12-17-18(23-17)15-14-16(20)11-9-6-5-7-10-13-19(21)22-2/h14-15,17-18H,3-13H2,1-2H3/b15-14+. The van der Waals surface area contributed by atoms with Gasteiger partial charge in [-0.25, -0.2) is 0 Å². The highest BCUT2D eigenvalue weighted by atomic mass is 16.6. The Labute approximate surface area is 140 Å². The van der Waals surface area contributed by atoms with Crippen LogP contribution in [0.25, 0.3) is 0 Å². The van der Waals surface area contributed by atoms with Crippen molar-refractivity contribution >= 4 is 11.8 Å². The number of hydrogen-bond donors (Lipinski definition) is 0. The van der Waals surface area contributed by atoms with Crippen molar-refractivity contribution in [1.82, 2.24) is 0 Å². The molecule has 0 aromatic carbocycles. The number of ketones is 1. The molecule has 2 unspecified atom stereocenters. The number of unbranched alkanes of at least 4 members (excludes halogenated alkanes) is 6. The number of hydrogen-bond acceptors (Lipinski definition) is 4. The van der Waals surface area contributed by atoms with E-state index in [1.165, 1.54) is 26.4 Å². The summed E-state index contributed by atoms with van der Waals surface area (Å²) in [6.45, 7) is 2.20. The second-order valence-electron chi connectivity index (χ2n) is 6.30. The van der Waals surface area contributed by atoms with E-state index in [1.807, 2.05) is 6.08 Å². The van der Waals surface area contributed by atoms with Crippen LogP contribution in [-0.4, -0.2) is 31.1 Å². The van der Waals surface area contributed by atoms with E-state index in [2.05, 4.69) is 11.7 Å². The zero-order valence-electron chi connectivity index (χ0n) is 14.7. The van der Waals surface area contributed by atoms with Crippen LogP contribution in [0.3, 0.4) is 0 Å². The number of carbonyl (C=O) groups excluding carboxylic acids is 2. The third-order valence-corrected chi connectivity index (χ3v) is 4.22. The molecular weight excluding hydrogens is 292 g/mol. The first-order valence-electron chi connectivity index (χ1n) is 9.10. The van der Waals surface area contributed by atoms with E-state index in [0.29, 0.717) is 18.9 Å². The molecule has 23 heavy (non-hydrogen) atoms. The number of ether oxygens (including phenoxy) is 2. The fourth-order valence-corrected chi connectivity index (χ4v) is 2.64. The van der Waals surface area contributed by atoms with Crippen molar-refractivity contribution in [3.05, 3.63) is 12.2 Å². The van der Waals surface area contributed by atoms with Gasteiger partial charge in [-0.15, -0.1) is 0 Å². The first kappa shape index (κ1) is 19.9. The van der Waals surface area contributed by atoms with Gasteiger partial charge in [0, 0.05) is 12.8 Å². The molecule has 1 aliphatic heterocycles. The molecule has 1 aliphatic rings. The van der Waals surface area contributed by atoms with Crippen molar-refractivity contribution in [1.29, 1.82) is 0 Å². The Bertz CT molecular complexity index is 376. The number of esters is 1. The van der Waals surface area contributed by atoms with E-state index in [0.717, 1.165) is 38.5 Å². The van der Waals surface area contributed by atoms with Crippen LogP contribution >= 0.6 is 0 Å². The van der Waals surface area contributed by atoms with Crippen LogP contribution in [0.4, 0.5) is 0 Å². The predicted molar refractivity (Wildman–Crippen MR) is 91.3 cm³/mol. The van der Waals surface area contributed by atoms with E-state index in [1.54, 1.807) is 6.08 Å². The smallest absolute Gasteiger partial charge is 0.305 e. The molecule has 0 aromatic heterocycles. The lowest BCUT2D eigenvalue weighted by molar-refractivity contribution is -0.140. The summed E-state index contributed by atoms with van der Waals surface area (Å²) in [4.78, 5) is 22.7. The van der Waals surface area contributed by atoms with Gasteiger partial charge in [0.05, 0.1) is 13.2 Å². The van der Waals surface area contributed by atoms with E-state index < -0.39 is 0 Å². The van der Waals surface area contributed by atoms with E-state index in [-0.39, 0.29) is 17.9 Å². The van der Waals surface area contributed by atoms with Gasteiger partial charge in [0.1, 0.15) is 6.10 Å². The molecule has 0 N–H and O–H groups in total. The van der Waals surface area contributed by atoms with Gasteiger partial charge in [-0.2, -0.15) is 0 Å². The van der Waals surface area contributed by atoms with E-state index >= 15 is 0 Å². The van der Waals surface area contributed by atoms with Crippen molar-refractivity contribution in [2.75, 3.05) is 7.11 Å². The van der Waals surface area contributed by atoms with Crippen molar-refractivity contribution in [2.45, 2.75) is 89.8 Å². The highest BCUT2D eigenvalue weighted by molar-refractivity contribution is 5.89. The van der Waals surface area contributed by atoms with Gasteiger partial charge in [0.2, 0.25) is 0 Å². The molecular formula is C19H32O4. The molecule has 1 rings (SSSR count). The summed E-state index contributed by atoms with van der Waals surface area (Å²) in [5.41, 5.74) is 0. The molecule has 0 spiro atoms. The van der Waals surface area contributed by atoms with Crippen LogP contribution in [0.5, 0.6) is 0 Å². The molecule has 0 radical (unpaired) electrons. The number of methoxy groups -OCH3 is 1. The molecule has 4 nitrogen and oxygen atoms in total. The lowest BCUT2D eigenvalue weighted by atomic mass is 10.1. The zero-order valence-corrected chi connectivity index (χ0v) is 14.7. The van der Waals surface area contributed by atoms with Crippen molar-refractivity contribution in [3.63, 3.8) is 0 Å². The van der Waals surface area contributed by atoms with Gasteiger partial charge < -0.3 is 9.47 Å². The maximum Gasteiger partial charge on any atom is 0.305 e. The highest BCUT2D eigenvalue weighted by Crippen LogP contribution is 2.28. The Morgan fingerprint density at radius 2 is 1.70 bits per heavy atom. The van der Waals surface area contributed by atoms with Crippen LogP contribution in [-0.2, 0) is 19.1 Å². The molecule has 132 valence electrons. The van der Waals surface area contributed by atoms with Crippen LogP contribution in [0.15, 0.2) is 12.2 Å². The highest BCUT2D eigenvalue weighted by Gasteiger charge is 2.35. The minimum Gasteiger partial charge on any atom is -0.469 e. The van der Waals surface area contributed by atoms with Crippen LogP contribution < -0.4 is 0 Å².